The monoisotopic (exact) mass is 416 g/mol. The number of benzene rings is 1. The topological polar surface area (TPSA) is 83.4 Å². The van der Waals surface area contributed by atoms with Crippen molar-refractivity contribution < 1.29 is 22.8 Å². The summed E-state index contributed by atoms with van der Waals surface area (Å²) in [5.74, 6) is -0.128. The van der Waals surface area contributed by atoms with Gasteiger partial charge >= 0.3 is 6.18 Å². The summed E-state index contributed by atoms with van der Waals surface area (Å²) in [5, 5.41) is 5.86. The average molecular weight is 416 g/mol. The zero-order valence-electron chi connectivity index (χ0n) is 16.1. The van der Waals surface area contributed by atoms with E-state index in [0.717, 1.165) is 12.1 Å². The summed E-state index contributed by atoms with van der Waals surface area (Å²) in [6.07, 6.45) is -0.663. The molecule has 0 bridgehead atoms. The first kappa shape index (κ1) is 20.1. The maximum Gasteiger partial charge on any atom is 0.416 e. The minimum absolute atomic E-state index is 0.0426. The van der Waals surface area contributed by atoms with Gasteiger partial charge in [0.05, 0.1) is 17.0 Å². The number of hydrogen-bond donors (Lipinski definition) is 2. The van der Waals surface area contributed by atoms with Gasteiger partial charge in [-0.3, -0.25) is 14.6 Å². The largest absolute Gasteiger partial charge is 0.416 e. The molecule has 0 saturated carbocycles. The van der Waals surface area contributed by atoms with Crippen LogP contribution in [0.4, 0.5) is 19.0 Å². The number of carbonyl (C=O) groups excluding carboxylic acids is 2. The minimum Gasteiger partial charge on any atom is -0.369 e. The summed E-state index contributed by atoms with van der Waals surface area (Å²) in [5.41, 5.74) is 1.12. The number of aromatic nitrogens is 1. The molecule has 1 aromatic carbocycles. The number of nitrogens with one attached hydrogen (secondary N) is 2. The molecule has 0 aliphatic carbocycles. The molecule has 0 radical (unpaired) electrons. The van der Waals surface area contributed by atoms with Gasteiger partial charge < -0.3 is 10.6 Å². The summed E-state index contributed by atoms with van der Waals surface area (Å²) in [6.45, 7) is 2.62. The van der Waals surface area contributed by atoms with Crippen molar-refractivity contribution in [1.82, 2.24) is 10.3 Å². The normalized spacial score (nSPS) is 20.8. The maximum absolute atomic E-state index is 12.9. The van der Waals surface area contributed by atoms with E-state index in [1.807, 2.05) is 0 Å². The zero-order valence-corrected chi connectivity index (χ0v) is 16.1. The highest BCUT2D eigenvalue weighted by atomic mass is 19.4. The standard InChI is InChI=1S/C21H19F3N4O2/c1-11-18(29)17-16(10-26-11)15(12-2-4-14(5-3-12)21(22,23)24)9-28-19(17)27-8-13-6-7-25-20(13)30/h2-5,9-11,13H,6-8H2,1H3,(H,25,30)(H,27,28). The minimum atomic E-state index is -4.43. The third-order valence-corrected chi connectivity index (χ3v) is 5.37. The van der Waals surface area contributed by atoms with Crippen molar-refractivity contribution in [2.45, 2.75) is 25.6 Å². The first-order valence-electron chi connectivity index (χ1n) is 9.55. The van der Waals surface area contributed by atoms with E-state index < -0.39 is 17.8 Å². The van der Waals surface area contributed by atoms with Crippen molar-refractivity contribution in [2.24, 2.45) is 10.9 Å². The van der Waals surface area contributed by atoms with E-state index in [9.17, 15) is 22.8 Å². The lowest BCUT2D eigenvalue weighted by Gasteiger charge is -2.21. The number of Topliss-reactive ketones (excluding diaryl/α,β-unsaturated/α-hetero) is 1. The SMILES string of the molecule is CC1N=Cc2c(-c3ccc(C(F)(F)F)cc3)cnc(NCC3CCNC3=O)c2C1=O. The average Bonchev–Trinajstić information content (AvgIpc) is 3.13. The summed E-state index contributed by atoms with van der Waals surface area (Å²) in [4.78, 5) is 33.2. The Morgan fingerprint density at radius 1 is 1.20 bits per heavy atom. The number of anilines is 1. The van der Waals surface area contributed by atoms with Gasteiger partial charge in [-0.2, -0.15) is 13.2 Å². The van der Waals surface area contributed by atoms with Crippen LogP contribution in [-0.2, 0) is 11.0 Å². The molecule has 4 rings (SSSR count). The lowest BCUT2D eigenvalue weighted by molar-refractivity contribution is -0.137. The molecule has 30 heavy (non-hydrogen) atoms. The van der Waals surface area contributed by atoms with Gasteiger partial charge in [-0.15, -0.1) is 0 Å². The van der Waals surface area contributed by atoms with Gasteiger partial charge in [-0.25, -0.2) is 4.98 Å². The summed E-state index contributed by atoms with van der Waals surface area (Å²) < 4.78 is 38.6. The number of nitrogens with zero attached hydrogens (tertiary/aromatic N) is 2. The van der Waals surface area contributed by atoms with Crippen LogP contribution < -0.4 is 10.6 Å². The van der Waals surface area contributed by atoms with Crippen molar-refractivity contribution in [3.63, 3.8) is 0 Å². The Kier molecular flexibility index (Phi) is 5.05. The molecule has 6 nitrogen and oxygen atoms in total. The summed E-state index contributed by atoms with van der Waals surface area (Å²) in [7, 11) is 0. The molecule has 2 N–H and O–H groups in total. The number of alkyl halides is 3. The van der Waals surface area contributed by atoms with E-state index >= 15 is 0 Å². The van der Waals surface area contributed by atoms with Gasteiger partial charge in [0.25, 0.3) is 0 Å². The number of halogens is 3. The van der Waals surface area contributed by atoms with E-state index in [4.69, 9.17) is 0 Å². The number of hydrogen-bond acceptors (Lipinski definition) is 5. The van der Waals surface area contributed by atoms with Crippen molar-refractivity contribution in [1.29, 1.82) is 0 Å². The van der Waals surface area contributed by atoms with Crippen molar-refractivity contribution in [3.8, 4) is 11.1 Å². The van der Waals surface area contributed by atoms with Crippen LogP contribution in [0.1, 0.15) is 34.8 Å². The lowest BCUT2D eigenvalue weighted by Crippen LogP contribution is -2.27. The van der Waals surface area contributed by atoms with Crippen molar-refractivity contribution in [3.05, 3.63) is 47.2 Å². The van der Waals surface area contributed by atoms with Crippen LogP contribution in [-0.4, -0.2) is 42.0 Å². The molecular weight excluding hydrogens is 397 g/mol. The predicted molar refractivity (Wildman–Crippen MR) is 106 cm³/mol. The molecule has 156 valence electrons. The number of fused-ring (bicyclic) bond motifs is 1. The molecule has 2 aliphatic heterocycles. The Morgan fingerprint density at radius 3 is 2.57 bits per heavy atom. The highest BCUT2D eigenvalue weighted by Gasteiger charge is 2.31. The highest BCUT2D eigenvalue weighted by molar-refractivity contribution is 6.15. The van der Waals surface area contributed by atoms with E-state index in [1.165, 1.54) is 18.3 Å². The van der Waals surface area contributed by atoms with Crippen LogP contribution in [0.2, 0.25) is 0 Å². The fraction of sp³-hybridized carbons (Fsp3) is 0.333. The molecule has 1 aromatic heterocycles. The van der Waals surface area contributed by atoms with Gasteiger partial charge in [0, 0.05) is 36.6 Å². The molecule has 2 atom stereocenters. The fourth-order valence-corrected chi connectivity index (χ4v) is 3.63. The third kappa shape index (κ3) is 3.67. The predicted octanol–water partition coefficient (Wildman–Crippen LogP) is 3.32. The molecule has 1 saturated heterocycles. The third-order valence-electron chi connectivity index (χ3n) is 5.37. The van der Waals surface area contributed by atoms with E-state index in [0.29, 0.717) is 47.6 Å². The number of carbonyl (C=O) groups is 2. The second-order valence-electron chi connectivity index (χ2n) is 7.36. The van der Waals surface area contributed by atoms with E-state index in [-0.39, 0.29) is 17.6 Å². The van der Waals surface area contributed by atoms with Crippen LogP contribution in [0.3, 0.4) is 0 Å². The summed E-state index contributed by atoms with van der Waals surface area (Å²) >= 11 is 0. The molecule has 0 spiro atoms. The highest BCUT2D eigenvalue weighted by Crippen LogP contribution is 2.34. The Labute approximate surface area is 170 Å². The number of ketones is 1. The van der Waals surface area contributed by atoms with Crippen LogP contribution >= 0.6 is 0 Å². The molecule has 2 aromatic rings. The molecule has 9 heteroatoms. The van der Waals surface area contributed by atoms with Gasteiger partial charge in [0.15, 0.2) is 5.78 Å². The second-order valence-corrected chi connectivity index (χ2v) is 7.36. The molecule has 3 heterocycles. The smallest absolute Gasteiger partial charge is 0.369 e. The van der Waals surface area contributed by atoms with Crippen LogP contribution in [0.15, 0.2) is 35.5 Å². The Hall–Kier alpha value is -3.23. The van der Waals surface area contributed by atoms with Crippen LogP contribution in [0, 0.1) is 5.92 Å². The van der Waals surface area contributed by atoms with Gasteiger partial charge in [0.1, 0.15) is 11.9 Å². The lowest BCUT2D eigenvalue weighted by atomic mass is 9.91. The molecular formula is C21H19F3N4O2. The molecule has 2 unspecified atom stereocenters. The summed E-state index contributed by atoms with van der Waals surface area (Å²) in [6, 6.07) is 4.12. The van der Waals surface area contributed by atoms with E-state index in [1.54, 1.807) is 13.1 Å². The van der Waals surface area contributed by atoms with Gasteiger partial charge in [-0.05, 0) is 31.0 Å². The Bertz CT molecular complexity index is 1030. The molecule has 1 fully saturated rings. The van der Waals surface area contributed by atoms with Crippen molar-refractivity contribution >= 4 is 23.7 Å². The first-order valence-corrected chi connectivity index (χ1v) is 9.55. The number of amides is 1. The molecule has 2 aliphatic rings. The zero-order chi connectivity index (χ0) is 21.5. The van der Waals surface area contributed by atoms with Crippen LogP contribution in [0.5, 0.6) is 0 Å². The van der Waals surface area contributed by atoms with Crippen molar-refractivity contribution in [2.75, 3.05) is 18.4 Å². The molecule has 1 amide bonds. The second kappa shape index (κ2) is 7.55. The number of pyridine rings is 1. The Morgan fingerprint density at radius 2 is 1.93 bits per heavy atom. The number of rotatable bonds is 4. The first-order chi connectivity index (χ1) is 14.3. The number of aliphatic imine (C=N–C) groups is 1. The van der Waals surface area contributed by atoms with E-state index in [2.05, 4.69) is 20.6 Å². The maximum atomic E-state index is 12.9. The van der Waals surface area contributed by atoms with Gasteiger partial charge in [-0.1, -0.05) is 12.1 Å². The quantitative estimate of drug-likeness (QED) is 0.801. The van der Waals surface area contributed by atoms with Crippen LogP contribution in [0.25, 0.3) is 11.1 Å². The fourth-order valence-electron chi connectivity index (χ4n) is 3.63. The Balaban J connectivity index is 1.71. The van der Waals surface area contributed by atoms with Gasteiger partial charge in [0.2, 0.25) is 5.91 Å².